The van der Waals surface area contributed by atoms with Gasteiger partial charge in [0.15, 0.2) is 0 Å². The van der Waals surface area contributed by atoms with Gasteiger partial charge < -0.3 is 15.8 Å². The number of amides is 2. The molecule has 2 atom stereocenters. The van der Waals surface area contributed by atoms with Gasteiger partial charge in [0.05, 0.1) is 24.4 Å². The average Bonchev–Trinajstić information content (AvgIpc) is 2.61. The second-order valence-electron chi connectivity index (χ2n) is 6.75. The highest BCUT2D eigenvalue weighted by Gasteiger charge is 2.62. The minimum Gasteiger partial charge on any atom is -0.469 e. The molecule has 0 unspecified atom stereocenters. The number of rotatable bonds is 4. The van der Waals surface area contributed by atoms with Gasteiger partial charge in [-0.15, -0.1) is 0 Å². The normalized spacial score (nSPS) is 31.3. The molecule has 2 bridgehead atoms. The predicted molar refractivity (Wildman–Crippen MR) is 87.7 cm³/mol. The van der Waals surface area contributed by atoms with Crippen molar-refractivity contribution in [3.8, 4) is 0 Å². The number of fused-ring (bicyclic) bond motifs is 3. The second kappa shape index (κ2) is 6.26. The molecule has 3 saturated carbocycles. The number of hydrogen-bond donors (Lipinski definition) is 2. The van der Waals surface area contributed by atoms with E-state index >= 15 is 0 Å². The Bertz CT molecular complexity index is 650. The van der Waals surface area contributed by atoms with E-state index in [1.165, 1.54) is 7.11 Å². The van der Waals surface area contributed by atoms with Gasteiger partial charge in [-0.1, -0.05) is 18.2 Å². The molecule has 4 rings (SSSR count). The standard InChI is InChI=1S/C18H22N2O4/c1-24-17(23)18-9-7-11(8-10-18)13(15(19)21)14(18)16(22)20-12-5-3-2-4-6-12/h2-6,11,13-14H,7-10H2,1H3,(H2,19,21)(H,20,22)/t11?,13-,14-,18?/m0/s1. The topological polar surface area (TPSA) is 98.5 Å². The Morgan fingerprint density at radius 3 is 2.33 bits per heavy atom. The van der Waals surface area contributed by atoms with Crippen LogP contribution in [0.4, 0.5) is 5.69 Å². The lowest BCUT2D eigenvalue weighted by atomic mass is 9.50. The summed E-state index contributed by atoms with van der Waals surface area (Å²) in [4.78, 5) is 37.6. The Morgan fingerprint density at radius 2 is 1.79 bits per heavy atom. The lowest BCUT2D eigenvalue weighted by Gasteiger charge is -2.52. The van der Waals surface area contributed by atoms with Crippen molar-refractivity contribution < 1.29 is 19.1 Å². The van der Waals surface area contributed by atoms with Gasteiger partial charge in [0, 0.05) is 5.69 Å². The Labute approximate surface area is 140 Å². The molecular formula is C18H22N2O4. The number of esters is 1. The molecule has 3 fully saturated rings. The number of hydrogen-bond acceptors (Lipinski definition) is 4. The molecule has 6 heteroatoms. The van der Waals surface area contributed by atoms with E-state index in [0.29, 0.717) is 18.5 Å². The minimum atomic E-state index is -0.956. The summed E-state index contributed by atoms with van der Waals surface area (Å²) in [5.41, 5.74) is 5.28. The van der Waals surface area contributed by atoms with Gasteiger partial charge in [0.25, 0.3) is 0 Å². The zero-order chi connectivity index (χ0) is 17.3. The van der Waals surface area contributed by atoms with Crippen LogP contribution in [0, 0.1) is 23.2 Å². The largest absolute Gasteiger partial charge is 0.469 e. The van der Waals surface area contributed by atoms with E-state index in [1.54, 1.807) is 12.1 Å². The third-order valence-corrected chi connectivity index (χ3v) is 5.63. The molecule has 1 aromatic rings. The van der Waals surface area contributed by atoms with Gasteiger partial charge >= 0.3 is 5.97 Å². The molecule has 3 aliphatic rings. The number of benzene rings is 1. The van der Waals surface area contributed by atoms with Gasteiger partial charge in [0.1, 0.15) is 0 Å². The quantitative estimate of drug-likeness (QED) is 0.821. The monoisotopic (exact) mass is 330 g/mol. The van der Waals surface area contributed by atoms with Crippen LogP contribution in [0.5, 0.6) is 0 Å². The van der Waals surface area contributed by atoms with Crippen molar-refractivity contribution in [2.24, 2.45) is 28.9 Å². The summed E-state index contributed by atoms with van der Waals surface area (Å²) in [6, 6.07) is 9.00. The van der Waals surface area contributed by atoms with Crippen molar-refractivity contribution in [3.05, 3.63) is 30.3 Å². The molecule has 1 aromatic carbocycles. The summed E-state index contributed by atoms with van der Waals surface area (Å²) in [7, 11) is 1.32. The molecule has 0 saturated heterocycles. The Kier molecular flexibility index (Phi) is 4.30. The maximum atomic E-state index is 13.0. The van der Waals surface area contributed by atoms with Crippen molar-refractivity contribution >= 4 is 23.5 Å². The maximum Gasteiger partial charge on any atom is 0.312 e. The van der Waals surface area contributed by atoms with Crippen LogP contribution < -0.4 is 11.1 Å². The molecule has 2 amide bonds. The lowest BCUT2D eigenvalue weighted by Crippen LogP contribution is -2.59. The van der Waals surface area contributed by atoms with Gasteiger partial charge in [-0.05, 0) is 43.7 Å². The van der Waals surface area contributed by atoms with Crippen molar-refractivity contribution in [2.45, 2.75) is 25.7 Å². The zero-order valence-electron chi connectivity index (χ0n) is 13.7. The summed E-state index contributed by atoms with van der Waals surface area (Å²) in [5.74, 6) is -2.62. The van der Waals surface area contributed by atoms with Crippen molar-refractivity contribution in [1.29, 1.82) is 0 Å². The van der Waals surface area contributed by atoms with E-state index < -0.39 is 29.1 Å². The summed E-state index contributed by atoms with van der Waals surface area (Å²) < 4.78 is 5.00. The maximum absolute atomic E-state index is 13.0. The minimum absolute atomic E-state index is 0.0561. The van der Waals surface area contributed by atoms with E-state index in [-0.39, 0.29) is 11.8 Å². The van der Waals surface area contributed by atoms with Crippen LogP contribution in [-0.4, -0.2) is 24.9 Å². The number of nitrogens with one attached hydrogen (secondary N) is 1. The fraction of sp³-hybridized carbons (Fsp3) is 0.500. The van der Waals surface area contributed by atoms with Crippen LogP contribution in [0.3, 0.4) is 0 Å². The van der Waals surface area contributed by atoms with Gasteiger partial charge in [-0.2, -0.15) is 0 Å². The first kappa shape index (κ1) is 16.5. The van der Waals surface area contributed by atoms with Gasteiger partial charge in [-0.25, -0.2) is 0 Å². The van der Waals surface area contributed by atoms with Crippen molar-refractivity contribution in [1.82, 2.24) is 0 Å². The second-order valence-corrected chi connectivity index (χ2v) is 6.75. The predicted octanol–water partition coefficient (Wildman–Crippen LogP) is 1.71. The fourth-order valence-corrected chi connectivity index (χ4v) is 4.53. The number of para-hydroxylation sites is 1. The highest BCUT2D eigenvalue weighted by molar-refractivity contribution is 6.00. The number of carbonyl (C=O) groups is 3. The lowest BCUT2D eigenvalue weighted by molar-refractivity contribution is -0.176. The third kappa shape index (κ3) is 2.56. The molecule has 0 heterocycles. The van der Waals surface area contributed by atoms with E-state index in [4.69, 9.17) is 10.5 Å². The Balaban J connectivity index is 1.97. The number of anilines is 1. The molecule has 0 spiro atoms. The van der Waals surface area contributed by atoms with Crippen LogP contribution >= 0.6 is 0 Å². The number of carbonyl (C=O) groups excluding carboxylic acids is 3. The van der Waals surface area contributed by atoms with Crippen LogP contribution in [-0.2, 0) is 19.1 Å². The molecule has 0 aliphatic heterocycles. The average molecular weight is 330 g/mol. The Hall–Kier alpha value is -2.37. The molecule has 3 N–H and O–H groups in total. The fourth-order valence-electron chi connectivity index (χ4n) is 4.53. The third-order valence-electron chi connectivity index (χ3n) is 5.63. The summed E-state index contributed by atoms with van der Waals surface area (Å²) >= 11 is 0. The number of primary amides is 1. The van der Waals surface area contributed by atoms with Crippen molar-refractivity contribution in [2.75, 3.05) is 12.4 Å². The SMILES string of the molecule is COC(=O)C12CCC(CC1)[C@H](C(N)=O)[C@H]2C(=O)Nc1ccccc1. The van der Waals surface area contributed by atoms with Gasteiger partial charge in [0.2, 0.25) is 11.8 Å². The van der Waals surface area contributed by atoms with Crippen LogP contribution in [0.25, 0.3) is 0 Å². The van der Waals surface area contributed by atoms with Crippen LogP contribution in [0.2, 0.25) is 0 Å². The summed E-state index contributed by atoms with van der Waals surface area (Å²) in [5, 5.41) is 2.83. The molecular weight excluding hydrogens is 308 g/mol. The Morgan fingerprint density at radius 1 is 1.17 bits per heavy atom. The first-order chi connectivity index (χ1) is 11.5. The van der Waals surface area contributed by atoms with Crippen molar-refractivity contribution in [3.63, 3.8) is 0 Å². The molecule has 128 valence electrons. The smallest absolute Gasteiger partial charge is 0.312 e. The first-order valence-electron chi connectivity index (χ1n) is 8.23. The van der Waals surface area contributed by atoms with E-state index in [0.717, 1.165) is 12.8 Å². The van der Waals surface area contributed by atoms with E-state index in [9.17, 15) is 14.4 Å². The summed E-state index contributed by atoms with van der Waals surface area (Å²) in [6.45, 7) is 0. The highest BCUT2D eigenvalue weighted by atomic mass is 16.5. The first-order valence-corrected chi connectivity index (χ1v) is 8.23. The number of ether oxygens (including phenoxy) is 1. The van der Waals surface area contributed by atoms with Crippen LogP contribution in [0.1, 0.15) is 25.7 Å². The van der Waals surface area contributed by atoms with Crippen LogP contribution in [0.15, 0.2) is 30.3 Å². The molecule has 24 heavy (non-hydrogen) atoms. The highest BCUT2D eigenvalue weighted by Crippen LogP contribution is 2.57. The van der Waals surface area contributed by atoms with E-state index in [2.05, 4.69) is 5.32 Å². The molecule has 6 nitrogen and oxygen atoms in total. The zero-order valence-corrected chi connectivity index (χ0v) is 13.7. The molecule has 0 radical (unpaired) electrons. The van der Waals surface area contributed by atoms with Gasteiger partial charge in [-0.3, -0.25) is 14.4 Å². The molecule has 0 aromatic heterocycles. The summed E-state index contributed by atoms with van der Waals surface area (Å²) in [6.07, 6.45) is 2.55. The number of methoxy groups -OCH3 is 1. The van der Waals surface area contributed by atoms with E-state index in [1.807, 2.05) is 18.2 Å². The number of nitrogens with two attached hydrogens (primary N) is 1. The molecule has 3 aliphatic carbocycles.